The van der Waals surface area contributed by atoms with Gasteiger partial charge in [-0.25, -0.2) is 4.39 Å². The van der Waals surface area contributed by atoms with Crippen LogP contribution in [-0.4, -0.2) is 10.8 Å². The molecule has 7 heteroatoms. The van der Waals surface area contributed by atoms with E-state index in [4.69, 9.17) is 11.1 Å². The normalized spacial score (nSPS) is 10.3. The molecule has 0 heterocycles. The van der Waals surface area contributed by atoms with Crippen LogP contribution < -0.4 is 5.73 Å². The predicted molar refractivity (Wildman–Crippen MR) is 80.1 cm³/mol. The average molecular weight is 305 g/mol. The van der Waals surface area contributed by atoms with E-state index >= 15 is 0 Å². The van der Waals surface area contributed by atoms with Gasteiger partial charge in [0.1, 0.15) is 11.7 Å². The molecule has 0 saturated carbocycles. The lowest BCUT2D eigenvalue weighted by atomic mass is 10.1. The molecule has 2 rings (SSSR count). The third-order valence-corrected chi connectivity index (χ3v) is 3.92. The molecule has 0 unspecified atom stereocenters. The molecule has 0 fully saturated rings. The number of nitro benzene ring substituents is 1. The smallest absolute Gasteiger partial charge is 0.282 e. The summed E-state index contributed by atoms with van der Waals surface area (Å²) >= 11 is 1.19. The lowest BCUT2D eigenvalue weighted by Crippen LogP contribution is -2.11. The topological polar surface area (TPSA) is 93.0 Å². The van der Waals surface area contributed by atoms with E-state index in [0.29, 0.717) is 16.0 Å². The Hall–Kier alpha value is -2.41. The van der Waals surface area contributed by atoms with E-state index in [-0.39, 0.29) is 17.3 Å². The van der Waals surface area contributed by atoms with Crippen LogP contribution >= 0.6 is 11.8 Å². The number of benzene rings is 2. The van der Waals surface area contributed by atoms with Crippen LogP contribution in [0, 0.1) is 21.3 Å². The second-order valence-electron chi connectivity index (χ2n) is 4.23. The van der Waals surface area contributed by atoms with E-state index in [0.717, 1.165) is 0 Å². The van der Waals surface area contributed by atoms with Gasteiger partial charge in [-0.1, -0.05) is 24.3 Å². The van der Waals surface area contributed by atoms with Gasteiger partial charge in [-0.05, 0) is 17.7 Å². The number of nitrogen functional groups attached to an aromatic ring is 1. The molecular formula is C14H12FN3O2S. The Bertz CT molecular complexity index is 706. The summed E-state index contributed by atoms with van der Waals surface area (Å²) in [6, 6.07) is 10.6. The number of amidine groups is 1. The highest BCUT2D eigenvalue weighted by molar-refractivity contribution is 7.98. The first kappa shape index (κ1) is 15.0. The number of thioether (sulfide) groups is 1. The Morgan fingerprint density at radius 2 is 2.05 bits per heavy atom. The molecule has 2 aromatic rings. The van der Waals surface area contributed by atoms with Crippen molar-refractivity contribution >= 4 is 23.3 Å². The molecule has 0 saturated heterocycles. The fourth-order valence-electron chi connectivity index (χ4n) is 1.72. The standard InChI is InChI=1S/C14H12FN3O2S/c15-11-7-9(14(16)17)5-6-10(11)8-21-13-4-2-1-3-12(13)18(19)20/h1-7H,8H2,(H3,16,17). The lowest BCUT2D eigenvalue weighted by molar-refractivity contribution is -0.387. The van der Waals surface area contributed by atoms with Crippen molar-refractivity contribution < 1.29 is 9.31 Å². The molecule has 0 atom stereocenters. The Balaban J connectivity index is 2.17. The van der Waals surface area contributed by atoms with Gasteiger partial charge in [0.05, 0.1) is 9.82 Å². The first-order chi connectivity index (χ1) is 9.99. The number of nitro groups is 1. The van der Waals surface area contributed by atoms with E-state index in [1.165, 1.54) is 30.0 Å². The monoisotopic (exact) mass is 305 g/mol. The molecule has 108 valence electrons. The molecule has 0 radical (unpaired) electrons. The molecule has 0 aromatic heterocycles. The second kappa shape index (κ2) is 6.36. The molecule has 0 aliphatic carbocycles. The fraction of sp³-hybridized carbons (Fsp3) is 0.0714. The minimum absolute atomic E-state index is 0.00302. The Labute approximate surface area is 124 Å². The highest BCUT2D eigenvalue weighted by Gasteiger charge is 2.14. The van der Waals surface area contributed by atoms with E-state index in [1.807, 2.05) is 0 Å². The largest absolute Gasteiger partial charge is 0.384 e. The van der Waals surface area contributed by atoms with Gasteiger partial charge >= 0.3 is 0 Å². The van der Waals surface area contributed by atoms with E-state index in [2.05, 4.69) is 0 Å². The van der Waals surface area contributed by atoms with Gasteiger partial charge in [-0.3, -0.25) is 15.5 Å². The Morgan fingerprint density at radius 3 is 2.67 bits per heavy atom. The van der Waals surface area contributed by atoms with Crippen LogP contribution in [0.1, 0.15) is 11.1 Å². The average Bonchev–Trinajstić information content (AvgIpc) is 2.46. The highest BCUT2D eigenvalue weighted by atomic mass is 32.2. The number of hydrogen-bond donors (Lipinski definition) is 2. The summed E-state index contributed by atoms with van der Waals surface area (Å²) < 4.78 is 13.9. The molecule has 5 nitrogen and oxygen atoms in total. The van der Waals surface area contributed by atoms with Gasteiger partial charge in [0.15, 0.2) is 0 Å². The van der Waals surface area contributed by atoms with Crippen molar-refractivity contribution in [2.24, 2.45) is 5.73 Å². The van der Waals surface area contributed by atoms with Crippen LogP contribution in [0.15, 0.2) is 47.4 Å². The maximum absolute atomic E-state index is 13.9. The SMILES string of the molecule is N=C(N)c1ccc(CSc2ccccc2[N+](=O)[O-])c(F)c1. The van der Waals surface area contributed by atoms with Crippen molar-refractivity contribution in [3.8, 4) is 0 Å². The number of nitrogens with two attached hydrogens (primary N) is 1. The van der Waals surface area contributed by atoms with Crippen molar-refractivity contribution in [2.45, 2.75) is 10.6 Å². The molecule has 21 heavy (non-hydrogen) atoms. The van der Waals surface area contributed by atoms with Crippen LogP contribution in [0.2, 0.25) is 0 Å². The molecule has 0 bridgehead atoms. The van der Waals surface area contributed by atoms with Crippen molar-refractivity contribution in [1.82, 2.24) is 0 Å². The van der Waals surface area contributed by atoms with Crippen LogP contribution in [-0.2, 0) is 5.75 Å². The van der Waals surface area contributed by atoms with E-state index in [9.17, 15) is 14.5 Å². The third-order valence-electron chi connectivity index (χ3n) is 2.81. The zero-order valence-electron chi connectivity index (χ0n) is 10.9. The zero-order valence-corrected chi connectivity index (χ0v) is 11.7. The van der Waals surface area contributed by atoms with Gasteiger partial charge in [-0.2, -0.15) is 0 Å². The fourth-order valence-corrected chi connectivity index (χ4v) is 2.73. The molecule has 2 aromatic carbocycles. The first-order valence-electron chi connectivity index (χ1n) is 5.98. The molecule has 0 amide bonds. The highest BCUT2D eigenvalue weighted by Crippen LogP contribution is 2.31. The number of hydrogen-bond acceptors (Lipinski definition) is 4. The second-order valence-corrected chi connectivity index (χ2v) is 5.25. The maximum atomic E-state index is 13.9. The van der Waals surface area contributed by atoms with Crippen molar-refractivity contribution in [3.05, 3.63) is 69.5 Å². The van der Waals surface area contributed by atoms with Gasteiger partial charge in [0.25, 0.3) is 5.69 Å². The molecular weight excluding hydrogens is 293 g/mol. The van der Waals surface area contributed by atoms with Crippen molar-refractivity contribution in [1.29, 1.82) is 5.41 Å². The van der Waals surface area contributed by atoms with Crippen LogP contribution in [0.5, 0.6) is 0 Å². The first-order valence-corrected chi connectivity index (χ1v) is 6.96. The van der Waals surface area contributed by atoms with Crippen molar-refractivity contribution in [3.63, 3.8) is 0 Å². The Morgan fingerprint density at radius 1 is 1.33 bits per heavy atom. The van der Waals surface area contributed by atoms with Crippen LogP contribution in [0.4, 0.5) is 10.1 Å². The lowest BCUT2D eigenvalue weighted by Gasteiger charge is -2.06. The van der Waals surface area contributed by atoms with Gasteiger partial charge in [0, 0.05) is 17.4 Å². The van der Waals surface area contributed by atoms with E-state index < -0.39 is 10.7 Å². The summed E-state index contributed by atoms with van der Waals surface area (Å²) in [4.78, 5) is 10.9. The maximum Gasteiger partial charge on any atom is 0.282 e. The number of halogens is 1. The summed E-state index contributed by atoms with van der Waals surface area (Å²) in [7, 11) is 0. The number of nitrogens with one attached hydrogen (secondary N) is 1. The minimum Gasteiger partial charge on any atom is -0.384 e. The molecule has 0 aliphatic heterocycles. The summed E-state index contributed by atoms with van der Waals surface area (Å²) in [5, 5.41) is 18.1. The number of nitrogens with zero attached hydrogens (tertiary/aromatic N) is 1. The number of rotatable bonds is 5. The van der Waals surface area contributed by atoms with Crippen LogP contribution in [0.25, 0.3) is 0 Å². The van der Waals surface area contributed by atoms with Gasteiger partial charge in [-0.15, -0.1) is 11.8 Å². The number of para-hydroxylation sites is 1. The van der Waals surface area contributed by atoms with E-state index in [1.54, 1.807) is 24.3 Å². The quantitative estimate of drug-likeness (QED) is 0.291. The predicted octanol–water partition coefficient (Wildman–Crippen LogP) is 3.31. The summed E-state index contributed by atoms with van der Waals surface area (Å²) in [6.07, 6.45) is 0. The molecule has 3 N–H and O–H groups in total. The van der Waals surface area contributed by atoms with Crippen molar-refractivity contribution in [2.75, 3.05) is 0 Å². The molecule has 0 aliphatic rings. The summed E-state index contributed by atoms with van der Waals surface area (Å²) in [5.41, 5.74) is 6.01. The summed E-state index contributed by atoms with van der Waals surface area (Å²) in [6.45, 7) is 0. The van der Waals surface area contributed by atoms with Gasteiger partial charge in [0.2, 0.25) is 0 Å². The molecule has 0 spiro atoms. The van der Waals surface area contributed by atoms with Crippen LogP contribution in [0.3, 0.4) is 0 Å². The Kier molecular flexibility index (Phi) is 4.54. The third kappa shape index (κ3) is 3.57. The zero-order chi connectivity index (χ0) is 15.4. The summed E-state index contributed by atoms with van der Waals surface area (Å²) in [5.74, 6) is -0.421. The van der Waals surface area contributed by atoms with Gasteiger partial charge < -0.3 is 5.73 Å². The minimum atomic E-state index is -0.478.